The van der Waals surface area contributed by atoms with Crippen molar-refractivity contribution in [1.29, 1.82) is 5.26 Å². The van der Waals surface area contributed by atoms with Crippen LogP contribution >= 0.6 is 0 Å². The van der Waals surface area contributed by atoms with E-state index in [9.17, 15) is 19.3 Å². The minimum atomic E-state index is -1.01. The SMILES string of the molecule is CC(C)C(C#N)NC(=O)c1ccc(F)c([N+](=O)[O-])c1. The lowest BCUT2D eigenvalue weighted by atomic mass is 10.1. The lowest BCUT2D eigenvalue weighted by Crippen LogP contribution is -2.37. The zero-order valence-electron chi connectivity index (χ0n) is 10.4. The molecular weight excluding hydrogens is 253 g/mol. The van der Waals surface area contributed by atoms with Crippen molar-refractivity contribution >= 4 is 11.6 Å². The Bertz CT molecular complexity index is 552. The maximum absolute atomic E-state index is 13.1. The van der Waals surface area contributed by atoms with Crippen LogP contribution in [0.5, 0.6) is 0 Å². The van der Waals surface area contributed by atoms with Crippen LogP contribution in [0, 0.1) is 33.2 Å². The third kappa shape index (κ3) is 3.48. The van der Waals surface area contributed by atoms with Gasteiger partial charge in [0, 0.05) is 11.6 Å². The molecule has 0 radical (unpaired) electrons. The quantitative estimate of drug-likeness (QED) is 0.665. The van der Waals surface area contributed by atoms with E-state index >= 15 is 0 Å². The highest BCUT2D eigenvalue weighted by Gasteiger charge is 2.20. The van der Waals surface area contributed by atoms with E-state index in [4.69, 9.17) is 5.26 Å². The molecular formula is C12H12FN3O3. The third-order valence-corrected chi connectivity index (χ3v) is 2.50. The number of rotatable bonds is 4. The number of nitrogens with one attached hydrogen (secondary N) is 1. The molecule has 1 aromatic carbocycles. The molecule has 1 N–H and O–H groups in total. The topological polar surface area (TPSA) is 96.0 Å². The number of nitriles is 1. The lowest BCUT2D eigenvalue weighted by Gasteiger charge is -2.14. The van der Waals surface area contributed by atoms with Gasteiger partial charge in [0.05, 0.1) is 11.0 Å². The Morgan fingerprint density at radius 2 is 2.16 bits per heavy atom. The molecule has 0 bridgehead atoms. The fraction of sp³-hybridized carbons (Fsp3) is 0.333. The first-order chi connectivity index (χ1) is 8.86. The Kier molecular flexibility index (Phi) is 4.53. The molecule has 0 aromatic heterocycles. The van der Waals surface area contributed by atoms with Gasteiger partial charge in [0.1, 0.15) is 6.04 Å². The summed E-state index contributed by atoms with van der Waals surface area (Å²) in [4.78, 5) is 21.5. The molecule has 0 aliphatic heterocycles. The number of hydrogen-bond donors (Lipinski definition) is 1. The summed E-state index contributed by atoms with van der Waals surface area (Å²) < 4.78 is 13.1. The number of nitrogens with zero attached hydrogens (tertiary/aromatic N) is 2. The highest BCUT2D eigenvalue weighted by atomic mass is 19.1. The normalized spacial score (nSPS) is 11.7. The number of carbonyl (C=O) groups excluding carboxylic acids is 1. The molecule has 0 fully saturated rings. The van der Waals surface area contributed by atoms with E-state index in [1.54, 1.807) is 13.8 Å². The average Bonchev–Trinajstić information content (AvgIpc) is 2.35. The second-order valence-electron chi connectivity index (χ2n) is 4.25. The third-order valence-electron chi connectivity index (χ3n) is 2.50. The van der Waals surface area contributed by atoms with Crippen LogP contribution in [0.2, 0.25) is 0 Å². The first kappa shape index (κ1) is 14.6. The number of benzene rings is 1. The smallest absolute Gasteiger partial charge is 0.305 e. The molecule has 0 aliphatic carbocycles. The molecule has 6 nitrogen and oxygen atoms in total. The molecule has 100 valence electrons. The molecule has 0 aliphatic rings. The first-order valence-corrected chi connectivity index (χ1v) is 5.51. The predicted octanol–water partition coefficient (Wildman–Crippen LogP) is 2.01. The summed E-state index contributed by atoms with van der Waals surface area (Å²) in [6.07, 6.45) is 0. The van der Waals surface area contributed by atoms with E-state index < -0.39 is 28.4 Å². The van der Waals surface area contributed by atoms with Crippen molar-refractivity contribution in [2.24, 2.45) is 5.92 Å². The van der Waals surface area contributed by atoms with Crippen LogP contribution in [-0.4, -0.2) is 16.9 Å². The molecule has 1 unspecified atom stereocenters. The zero-order chi connectivity index (χ0) is 14.6. The number of nitro benzene ring substituents is 1. The van der Waals surface area contributed by atoms with E-state index in [1.165, 1.54) is 0 Å². The van der Waals surface area contributed by atoms with Gasteiger partial charge in [-0.3, -0.25) is 14.9 Å². The highest BCUT2D eigenvalue weighted by molar-refractivity contribution is 5.95. The Morgan fingerprint density at radius 1 is 1.53 bits per heavy atom. The molecule has 1 aromatic rings. The Labute approximate surface area is 109 Å². The minimum absolute atomic E-state index is 0.0611. The molecule has 0 saturated carbocycles. The van der Waals surface area contributed by atoms with Crippen LogP contribution in [0.25, 0.3) is 0 Å². The molecule has 1 atom stereocenters. The molecule has 7 heteroatoms. The van der Waals surface area contributed by atoms with Crippen molar-refractivity contribution in [2.75, 3.05) is 0 Å². The van der Waals surface area contributed by atoms with E-state index in [-0.39, 0.29) is 11.5 Å². The summed E-state index contributed by atoms with van der Waals surface area (Å²) in [5.41, 5.74) is -0.834. The summed E-state index contributed by atoms with van der Waals surface area (Å²) in [6, 6.07) is 4.03. The van der Waals surface area contributed by atoms with Crippen molar-refractivity contribution in [1.82, 2.24) is 5.32 Å². The summed E-state index contributed by atoms with van der Waals surface area (Å²) in [7, 11) is 0. The number of nitro groups is 1. The van der Waals surface area contributed by atoms with Gasteiger partial charge in [-0.2, -0.15) is 9.65 Å². The Hall–Kier alpha value is -2.49. The van der Waals surface area contributed by atoms with Gasteiger partial charge in [0.25, 0.3) is 5.91 Å². The van der Waals surface area contributed by atoms with Crippen molar-refractivity contribution in [3.05, 3.63) is 39.7 Å². The van der Waals surface area contributed by atoms with Gasteiger partial charge in [0.15, 0.2) is 0 Å². The number of halogens is 1. The van der Waals surface area contributed by atoms with Crippen LogP contribution in [0.15, 0.2) is 18.2 Å². The minimum Gasteiger partial charge on any atom is -0.336 e. The fourth-order valence-corrected chi connectivity index (χ4v) is 1.37. The van der Waals surface area contributed by atoms with Gasteiger partial charge < -0.3 is 5.32 Å². The van der Waals surface area contributed by atoms with Crippen LogP contribution in [0.3, 0.4) is 0 Å². The molecule has 0 heterocycles. The van der Waals surface area contributed by atoms with Gasteiger partial charge in [-0.1, -0.05) is 13.8 Å². The van der Waals surface area contributed by atoms with Crippen LogP contribution < -0.4 is 5.32 Å². The van der Waals surface area contributed by atoms with Crippen molar-refractivity contribution in [3.8, 4) is 6.07 Å². The summed E-state index contributed by atoms with van der Waals surface area (Å²) >= 11 is 0. The maximum atomic E-state index is 13.1. The molecule has 1 amide bonds. The van der Waals surface area contributed by atoms with Crippen molar-refractivity contribution in [2.45, 2.75) is 19.9 Å². The lowest BCUT2D eigenvalue weighted by molar-refractivity contribution is -0.387. The van der Waals surface area contributed by atoms with E-state index in [0.717, 1.165) is 18.2 Å². The Balaban J connectivity index is 2.98. The van der Waals surface area contributed by atoms with E-state index in [0.29, 0.717) is 0 Å². The summed E-state index contributed by atoms with van der Waals surface area (Å²) in [6.45, 7) is 3.50. The van der Waals surface area contributed by atoms with E-state index in [1.807, 2.05) is 6.07 Å². The second kappa shape index (κ2) is 5.91. The molecule has 0 saturated heterocycles. The summed E-state index contributed by atoms with van der Waals surface area (Å²) in [5.74, 6) is -1.77. The van der Waals surface area contributed by atoms with Gasteiger partial charge >= 0.3 is 5.69 Å². The average molecular weight is 265 g/mol. The number of hydrogen-bond acceptors (Lipinski definition) is 4. The molecule has 0 spiro atoms. The standard InChI is InChI=1S/C12H12FN3O3/c1-7(2)10(6-14)15-12(17)8-3-4-9(13)11(5-8)16(18)19/h3-5,7,10H,1-2H3,(H,15,17). The summed E-state index contributed by atoms with van der Waals surface area (Å²) in [5, 5.41) is 21.8. The number of amides is 1. The fourth-order valence-electron chi connectivity index (χ4n) is 1.37. The highest BCUT2D eigenvalue weighted by Crippen LogP contribution is 2.18. The van der Waals surface area contributed by atoms with Crippen LogP contribution in [0.4, 0.5) is 10.1 Å². The van der Waals surface area contributed by atoms with Crippen LogP contribution in [0.1, 0.15) is 24.2 Å². The predicted molar refractivity (Wildman–Crippen MR) is 64.8 cm³/mol. The van der Waals surface area contributed by atoms with Gasteiger partial charge in [0.2, 0.25) is 5.82 Å². The maximum Gasteiger partial charge on any atom is 0.305 e. The van der Waals surface area contributed by atoms with Crippen LogP contribution in [-0.2, 0) is 0 Å². The monoisotopic (exact) mass is 265 g/mol. The van der Waals surface area contributed by atoms with Gasteiger partial charge in [-0.05, 0) is 18.1 Å². The first-order valence-electron chi connectivity index (χ1n) is 5.51. The Morgan fingerprint density at radius 3 is 2.63 bits per heavy atom. The molecule has 1 rings (SSSR count). The van der Waals surface area contributed by atoms with Crippen molar-refractivity contribution in [3.63, 3.8) is 0 Å². The van der Waals surface area contributed by atoms with Crippen molar-refractivity contribution < 1.29 is 14.1 Å². The number of carbonyl (C=O) groups is 1. The molecule has 19 heavy (non-hydrogen) atoms. The largest absolute Gasteiger partial charge is 0.336 e. The van der Waals surface area contributed by atoms with Gasteiger partial charge in [-0.15, -0.1) is 0 Å². The van der Waals surface area contributed by atoms with Gasteiger partial charge in [-0.25, -0.2) is 0 Å². The van der Waals surface area contributed by atoms with E-state index in [2.05, 4.69) is 5.32 Å². The second-order valence-corrected chi connectivity index (χ2v) is 4.25. The zero-order valence-corrected chi connectivity index (χ0v) is 10.4.